The number of β-amino-alcohol motifs (C(OH)–C–C–N with tert-alkyl or cyclic N) is 1. The number of phenols is 1. The van der Waals surface area contributed by atoms with Gasteiger partial charge in [0.05, 0.1) is 17.8 Å². The highest BCUT2D eigenvalue weighted by Gasteiger charge is 2.42. The normalized spacial score (nSPS) is 20.6. The fraction of sp³-hybridized carbons (Fsp3) is 0.500. The second kappa shape index (κ2) is 10.3. The lowest BCUT2D eigenvalue weighted by molar-refractivity contribution is -0.0835. The van der Waals surface area contributed by atoms with Gasteiger partial charge in [-0.1, -0.05) is 17.7 Å². The van der Waals surface area contributed by atoms with Crippen molar-refractivity contribution in [3.05, 3.63) is 58.1 Å². The molecule has 3 heterocycles. The number of hydrogen-bond acceptors (Lipinski definition) is 7. The van der Waals surface area contributed by atoms with Crippen LogP contribution in [0, 0.1) is 0 Å². The molecule has 5 rings (SSSR count). The molecule has 2 aromatic carbocycles. The van der Waals surface area contributed by atoms with E-state index in [4.69, 9.17) is 21.1 Å². The van der Waals surface area contributed by atoms with E-state index in [9.17, 15) is 15.0 Å². The van der Waals surface area contributed by atoms with E-state index in [1.54, 1.807) is 6.07 Å². The zero-order valence-corrected chi connectivity index (χ0v) is 20.5. The lowest BCUT2D eigenvalue weighted by Crippen LogP contribution is -2.46. The third-order valence-corrected chi connectivity index (χ3v) is 7.44. The average molecular weight is 502 g/mol. The summed E-state index contributed by atoms with van der Waals surface area (Å²) < 4.78 is 12.0. The number of rotatable bonds is 7. The fourth-order valence-corrected chi connectivity index (χ4v) is 5.51. The number of fused-ring (bicyclic) bond motifs is 2. The van der Waals surface area contributed by atoms with Gasteiger partial charge in [-0.15, -0.1) is 0 Å². The molecule has 8 nitrogen and oxygen atoms in total. The Morgan fingerprint density at radius 2 is 1.91 bits per heavy atom. The second-order valence-corrected chi connectivity index (χ2v) is 10.1. The maximum absolute atomic E-state index is 12.7. The first-order valence-corrected chi connectivity index (χ1v) is 12.6. The number of aromatic hydroxyl groups is 1. The predicted octanol–water partition coefficient (Wildman–Crippen LogP) is 3.05. The van der Waals surface area contributed by atoms with Crippen LogP contribution >= 0.6 is 11.6 Å². The minimum Gasteiger partial charge on any atom is -0.508 e. The lowest BCUT2D eigenvalue weighted by atomic mass is 9.84. The summed E-state index contributed by atoms with van der Waals surface area (Å²) in [4.78, 5) is 14.9. The van der Waals surface area contributed by atoms with Gasteiger partial charge in [0.2, 0.25) is 0 Å². The van der Waals surface area contributed by atoms with Crippen LogP contribution in [0.15, 0.2) is 36.4 Å². The Morgan fingerprint density at radius 3 is 2.69 bits per heavy atom. The molecule has 188 valence electrons. The van der Waals surface area contributed by atoms with E-state index in [1.165, 1.54) is 17.7 Å². The predicted molar refractivity (Wildman–Crippen MR) is 131 cm³/mol. The molecule has 2 fully saturated rings. The van der Waals surface area contributed by atoms with Gasteiger partial charge in [0.1, 0.15) is 24.2 Å². The van der Waals surface area contributed by atoms with E-state index in [-0.39, 0.29) is 29.6 Å². The van der Waals surface area contributed by atoms with Gasteiger partial charge in [-0.2, -0.15) is 0 Å². The van der Waals surface area contributed by atoms with Crippen molar-refractivity contribution in [3.8, 4) is 11.5 Å². The molecule has 1 spiro atoms. The van der Waals surface area contributed by atoms with Crippen molar-refractivity contribution < 1.29 is 24.5 Å². The van der Waals surface area contributed by atoms with Crippen molar-refractivity contribution in [2.45, 2.75) is 44.0 Å². The number of likely N-dealkylation sites (tertiary alicyclic amines) is 1. The molecule has 3 N–H and O–H groups in total. The lowest BCUT2D eigenvalue weighted by Gasteiger charge is -2.39. The SMILES string of the molecule is O=C(NN1CCCC1)c1ccc(O)cc1OC[C@@H](O)CN1CCC2(CC1)OCc1cc(Cl)ccc12. The summed E-state index contributed by atoms with van der Waals surface area (Å²) in [6.07, 6.45) is 3.06. The maximum atomic E-state index is 12.7. The highest BCUT2D eigenvalue weighted by atomic mass is 35.5. The summed E-state index contributed by atoms with van der Waals surface area (Å²) in [5, 5.41) is 23.2. The summed E-state index contributed by atoms with van der Waals surface area (Å²) in [5.74, 6) is -0.0181. The average Bonchev–Trinajstić information content (AvgIpc) is 3.47. The zero-order chi connectivity index (χ0) is 24.4. The second-order valence-electron chi connectivity index (χ2n) is 9.67. The minimum atomic E-state index is -0.739. The number of carbonyl (C=O) groups excluding carboxylic acids is 1. The number of benzene rings is 2. The van der Waals surface area contributed by atoms with Crippen LogP contribution in [-0.2, 0) is 16.9 Å². The number of amides is 1. The van der Waals surface area contributed by atoms with E-state index in [0.717, 1.165) is 62.4 Å². The van der Waals surface area contributed by atoms with Crippen LogP contribution < -0.4 is 10.2 Å². The summed E-state index contributed by atoms with van der Waals surface area (Å²) in [6, 6.07) is 10.4. The number of nitrogens with one attached hydrogen (secondary N) is 1. The van der Waals surface area contributed by atoms with E-state index < -0.39 is 6.10 Å². The van der Waals surface area contributed by atoms with Crippen LogP contribution in [0.5, 0.6) is 11.5 Å². The number of hydrogen-bond donors (Lipinski definition) is 3. The van der Waals surface area contributed by atoms with Crippen molar-refractivity contribution in [3.63, 3.8) is 0 Å². The molecule has 0 bridgehead atoms. The number of halogens is 1. The van der Waals surface area contributed by atoms with Crippen molar-refractivity contribution in [1.82, 2.24) is 15.3 Å². The van der Waals surface area contributed by atoms with E-state index in [0.29, 0.717) is 18.7 Å². The minimum absolute atomic E-state index is 0.00618. The molecule has 0 unspecified atom stereocenters. The molecule has 3 aliphatic rings. The number of hydrazine groups is 1. The van der Waals surface area contributed by atoms with Gasteiger partial charge in [-0.25, -0.2) is 5.01 Å². The number of aliphatic hydroxyl groups is 1. The van der Waals surface area contributed by atoms with Crippen LogP contribution in [0.4, 0.5) is 0 Å². The van der Waals surface area contributed by atoms with Crippen molar-refractivity contribution in [1.29, 1.82) is 0 Å². The van der Waals surface area contributed by atoms with Crippen molar-refractivity contribution in [2.24, 2.45) is 0 Å². The molecule has 9 heteroatoms. The van der Waals surface area contributed by atoms with Gasteiger partial charge >= 0.3 is 0 Å². The van der Waals surface area contributed by atoms with Crippen LogP contribution in [0.25, 0.3) is 0 Å². The van der Waals surface area contributed by atoms with Gasteiger partial charge < -0.3 is 24.6 Å². The monoisotopic (exact) mass is 501 g/mol. The molecular weight excluding hydrogens is 470 g/mol. The Labute approximate surface area is 210 Å². The molecule has 3 aliphatic heterocycles. The Bertz CT molecular complexity index is 1070. The number of carbonyl (C=O) groups is 1. The van der Waals surface area contributed by atoms with Gasteiger partial charge in [0, 0.05) is 43.8 Å². The van der Waals surface area contributed by atoms with Crippen molar-refractivity contribution >= 4 is 17.5 Å². The standard InChI is InChI=1S/C26H32ClN3O5/c27-19-3-6-23-18(13-19)16-35-26(23)7-11-29(12-8-26)15-21(32)17-34-24-14-20(31)4-5-22(24)25(33)28-30-9-1-2-10-30/h3-6,13-14,21,31-32H,1-2,7-12,15-17H2,(H,28,33)/t21-/m0/s1. The quantitative estimate of drug-likeness (QED) is 0.536. The number of piperidine rings is 1. The van der Waals surface area contributed by atoms with Gasteiger partial charge in [0.25, 0.3) is 5.91 Å². The molecule has 0 aromatic heterocycles. The van der Waals surface area contributed by atoms with Crippen molar-refractivity contribution in [2.75, 3.05) is 39.3 Å². The number of aliphatic hydroxyl groups excluding tert-OH is 1. The number of nitrogens with zero attached hydrogens (tertiary/aromatic N) is 2. The zero-order valence-electron chi connectivity index (χ0n) is 19.7. The first-order chi connectivity index (χ1) is 16.9. The molecular formula is C26H32ClN3O5. The van der Waals surface area contributed by atoms with Crippen LogP contribution in [0.1, 0.15) is 47.2 Å². The Kier molecular flexibility index (Phi) is 7.18. The molecule has 0 radical (unpaired) electrons. The summed E-state index contributed by atoms with van der Waals surface area (Å²) in [6.45, 7) is 4.30. The maximum Gasteiger partial charge on any atom is 0.269 e. The largest absolute Gasteiger partial charge is 0.508 e. The molecule has 35 heavy (non-hydrogen) atoms. The first kappa shape index (κ1) is 24.3. The highest BCUT2D eigenvalue weighted by molar-refractivity contribution is 6.30. The van der Waals surface area contributed by atoms with Crippen LogP contribution in [0.2, 0.25) is 5.02 Å². The third kappa shape index (κ3) is 5.42. The molecule has 0 saturated carbocycles. The number of phenolic OH excluding ortho intramolecular Hbond substituents is 1. The summed E-state index contributed by atoms with van der Waals surface area (Å²) >= 11 is 6.14. The van der Waals surface area contributed by atoms with Gasteiger partial charge in [-0.05, 0) is 61.1 Å². The molecule has 2 saturated heterocycles. The Morgan fingerprint density at radius 1 is 1.14 bits per heavy atom. The fourth-order valence-electron chi connectivity index (χ4n) is 5.32. The third-order valence-electron chi connectivity index (χ3n) is 7.20. The van der Waals surface area contributed by atoms with E-state index >= 15 is 0 Å². The molecule has 0 aliphatic carbocycles. The topological polar surface area (TPSA) is 94.5 Å². The Balaban J connectivity index is 1.14. The smallest absolute Gasteiger partial charge is 0.269 e. The van der Waals surface area contributed by atoms with Crippen LogP contribution in [-0.4, -0.2) is 71.5 Å². The summed E-state index contributed by atoms with van der Waals surface area (Å²) in [7, 11) is 0. The van der Waals surface area contributed by atoms with Crippen LogP contribution in [0.3, 0.4) is 0 Å². The number of ether oxygens (including phenoxy) is 2. The molecule has 1 amide bonds. The van der Waals surface area contributed by atoms with Gasteiger partial charge in [-0.3, -0.25) is 10.2 Å². The first-order valence-electron chi connectivity index (χ1n) is 12.3. The Hall–Kier alpha value is -2.36. The summed E-state index contributed by atoms with van der Waals surface area (Å²) in [5.41, 5.74) is 5.34. The highest BCUT2D eigenvalue weighted by Crippen LogP contribution is 2.44. The van der Waals surface area contributed by atoms with E-state index in [1.807, 2.05) is 17.1 Å². The molecule has 1 atom stereocenters. The van der Waals surface area contributed by atoms with E-state index in [2.05, 4.69) is 16.4 Å². The molecule has 2 aromatic rings. The van der Waals surface area contributed by atoms with Gasteiger partial charge in [0.15, 0.2) is 0 Å².